The Hall–Kier alpha value is -0.450. The molecule has 0 radical (unpaired) electrons. The molecule has 0 aromatic rings. The van der Waals surface area contributed by atoms with E-state index in [0.29, 0.717) is 0 Å². The van der Waals surface area contributed by atoms with Crippen molar-refractivity contribution in [2.24, 2.45) is 0 Å². The van der Waals surface area contributed by atoms with Gasteiger partial charge in [-0.25, -0.2) is 0 Å². The van der Waals surface area contributed by atoms with Crippen LogP contribution in [0.2, 0.25) is 0 Å². The smallest absolute Gasteiger partial charge is 0.0902 e. The fraction of sp³-hybridized carbons (Fsp3) is 0.538. The second-order valence-corrected chi connectivity index (χ2v) is 3.94. The summed E-state index contributed by atoms with van der Waals surface area (Å²) in [5.41, 5.74) is 1.44. The zero-order chi connectivity index (χ0) is 11.1. The summed E-state index contributed by atoms with van der Waals surface area (Å²) in [6, 6.07) is 0. The number of halogens is 1. The van der Waals surface area contributed by atoms with Crippen molar-refractivity contribution in [3.63, 3.8) is 0 Å². The number of nitrogens with zero attached hydrogens (tertiary/aromatic N) is 2. The molecule has 0 aromatic heterocycles. The van der Waals surface area contributed by atoms with Gasteiger partial charge < -0.3 is 9.80 Å². The summed E-state index contributed by atoms with van der Waals surface area (Å²) in [6.45, 7) is 12.7. The van der Waals surface area contributed by atoms with Crippen LogP contribution in [0.1, 0.15) is 26.2 Å². The maximum atomic E-state index is 3.80. The molecule has 0 aliphatic carbocycles. The minimum atomic E-state index is 0. The highest BCUT2D eigenvalue weighted by molar-refractivity contribution is 14.0. The normalized spacial score (nSPS) is 14.4. The highest BCUT2D eigenvalue weighted by atomic mass is 127. The van der Waals surface area contributed by atoms with Crippen LogP contribution in [0.15, 0.2) is 37.2 Å². The molecule has 3 heteroatoms. The van der Waals surface area contributed by atoms with Gasteiger partial charge in [-0.05, 0) is 12.8 Å². The summed E-state index contributed by atoms with van der Waals surface area (Å²) in [5, 5.41) is 0. The molecule has 1 rings (SSSR count). The minimum Gasteiger partial charge on any atom is -0.355 e. The van der Waals surface area contributed by atoms with Crippen molar-refractivity contribution >= 4 is 24.0 Å². The van der Waals surface area contributed by atoms with Gasteiger partial charge in [-0.1, -0.05) is 25.5 Å². The predicted octanol–water partition coefficient (Wildman–Crippen LogP) is 3.58. The summed E-state index contributed by atoms with van der Waals surface area (Å²) < 4.78 is 0. The summed E-state index contributed by atoms with van der Waals surface area (Å²) in [6.07, 6.45) is 9.88. The molecular weight excluding hydrogens is 311 g/mol. The lowest BCUT2D eigenvalue weighted by Crippen LogP contribution is -2.27. The Balaban J connectivity index is 0.00000225. The lowest BCUT2D eigenvalue weighted by molar-refractivity contribution is 0.283. The van der Waals surface area contributed by atoms with Gasteiger partial charge in [0, 0.05) is 25.0 Å². The quantitative estimate of drug-likeness (QED) is 0.519. The van der Waals surface area contributed by atoms with Crippen LogP contribution in [-0.4, -0.2) is 29.6 Å². The van der Waals surface area contributed by atoms with E-state index in [1.807, 2.05) is 12.2 Å². The molecule has 92 valence electrons. The second-order valence-electron chi connectivity index (χ2n) is 3.94. The SMILES string of the molecule is C=CCN1C=C(CCCC)N(CC=C)C1.I. The minimum absolute atomic E-state index is 0. The van der Waals surface area contributed by atoms with Crippen LogP contribution < -0.4 is 0 Å². The molecule has 0 unspecified atom stereocenters. The van der Waals surface area contributed by atoms with Crippen molar-refractivity contribution in [2.75, 3.05) is 19.8 Å². The van der Waals surface area contributed by atoms with Crippen molar-refractivity contribution in [1.82, 2.24) is 9.80 Å². The van der Waals surface area contributed by atoms with Gasteiger partial charge in [0.2, 0.25) is 0 Å². The molecule has 0 N–H and O–H groups in total. The highest BCUT2D eigenvalue weighted by Gasteiger charge is 2.17. The molecule has 0 saturated heterocycles. The van der Waals surface area contributed by atoms with E-state index in [4.69, 9.17) is 0 Å². The molecule has 0 bridgehead atoms. The monoisotopic (exact) mass is 334 g/mol. The number of hydrogen-bond acceptors (Lipinski definition) is 2. The summed E-state index contributed by atoms with van der Waals surface area (Å²) in [5.74, 6) is 0. The first kappa shape index (κ1) is 15.6. The molecule has 0 atom stereocenters. The van der Waals surface area contributed by atoms with Crippen LogP contribution in [0, 0.1) is 0 Å². The highest BCUT2D eigenvalue weighted by Crippen LogP contribution is 2.20. The Morgan fingerprint density at radius 1 is 1.31 bits per heavy atom. The first-order valence-electron chi connectivity index (χ1n) is 5.73. The molecule has 0 saturated carbocycles. The average molecular weight is 334 g/mol. The second kappa shape index (κ2) is 8.67. The molecule has 0 amide bonds. The van der Waals surface area contributed by atoms with Gasteiger partial charge in [0.1, 0.15) is 0 Å². The van der Waals surface area contributed by atoms with Crippen molar-refractivity contribution in [3.05, 3.63) is 37.2 Å². The standard InChI is InChI=1S/C13H22N2.HI/c1-4-7-8-13-11-14(9-5-2)12-15(13)10-6-3;/h5-6,11H,2-4,7-10,12H2,1H3;1H. The van der Waals surface area contributed by atoms with Gasteiger partial charge in [0.25, 0.3) is 0 Å². The van der Waals surface area contributed by atoms with Gasteiger partial charge in [0.05, 0.1) is 6.67 Å². The fourth-order valence-electron chi connectivity index (χ4n) is 1.83. The van der Waals surface area contributed by atoms with Crippen molar-refractivity contribution in [3.8, 4) is 0 Å². The fourth-order valence-corrected chi connectivity index (χ4v) is 1.83. The van der Waals surface area contributed by atoms with Crippen LogP contribution >= 0.6 is 24.0 Å². The summed E-state index contributed by atoms with van der Waals surface area (Å²) in [7, 11) is 0. The van der Waals surface area contributed by atoms with Gasteiger partial charge in [0.15, 0.2) is 0 Å². The molecule has 1 aliphatic heterocycles. The first-order valence-corrected chi connectivity index (χ1v) is 5.73. The van der Waals surface area contributed by atoms with E-state index in [1.165, 1.54) is 25.0 Å². The molecule has 0 spiro atoms. The Morgan fingerprint density at radius 2 is 2.00 bits per heavy atom. The summed E-state index contributed by atoms with van der Waals surface area (Å²) >= 11 is 0. The lowest BCUT2D eigenvalue weighted by atomic mass is 10.2. The van der Waals surface area contributed by atoms with Crippen LogP contribution in [0.4, 0.5) is 0 Å². The lowest BCUT2D eigenvalue weighted by Gasteiger charge is -2.21. The number of allylic oxidation sites excluding steroid dienone is 1. The van der Waals surface area contributed by atoms with Crippen LogP contribution in [0.3, 0.4) is 0 Å². The Labute approximate surface area is 117 Å². The molecule has 16 heavy (non-hydrogen) atoms. The zero-order valence-corrected chi connectivity index (χ0v) is 12.5. The Kier molecular flexibility index (Phi) is 8.43. The molecular formula is C13H23IN2. The van der Waals surface area contributed by atoms with Gasteiger partial charge >= 0.3 is 0 Å². The van der Waals surface area contributed by atoms with Gasteiger partial charge in [-0.3, -0.25) is 0 Å². The van der Waals surface area contributed by atoms with E-state index >= 15 is 0 Å². The van der Waals surface area contributed by atoms with Crippen molar-refractivity contribution in [1.29, 1.82) is 0 Å². The average Bonchev–Trinajstić information content (AvgIpc) is 2.59. The zero-order valence-electron chi connectivity index (χ0n) is 10.2. The van der Waals surface area contributed by atoms with Crippen molar-refractivity contribution in [2.45, 2.75) is 26.2 Å². The third-order valence-electron chi connectivity index (χ3n) is 2.59. The van der Waals surface area contributed by atoms with Gasteiger partial charge in [-0.2, -0.15) is 0 Å². The Bertz CT molecular complexity index is 248. The van der Waals surface area contributed by atoms with E-state index in [0.717, 1.165) is 19.8 Å². The van der Waals surface area contributed by atoms with Crippen LogP contribution in [0.25, 0.3) is 0 Å². The molecule has 0 fully saturated rings. The third-order valence-corrected chi connectivity index (χ3v) is 2.59. The molecule has 0 aromatic carbocycles. The maximum Gasteiger partial charge on any atom is 0.0902 e. The van der Waals surface area contributed by atoms with E-state index in [9.17, 15) is 0 Å². The van der Waals surface area contributed by atoms with E-state index < -0.39 is 0 Å². The third kappa shape index (κ3) is 4.60. The van der Waals surface area contributed by atoms with Crippen molar-refractivity contribution < 1.29 is 0 Å². The number of rotatable bonds is 7. The van der Waals surface area contributed by atoms with Crippen LogP contribution in [0.5, 0.6) is 0 Å². The predicted molar refractivity (Wildman–Crippen MR) is 81.7 cm³/mol. The molecule has 2 nitrogen and oxygen atoms in total. The topological polar surface area (TPSA) is 6.48 Å². The van der Waals surface area contributed by atoms with E-state index in [-0.39, 0.29) is 24.0 Å². The number of unbranched alkanes of at least 4 members (excludes halogenated alkanes) is 1. The van der Waals surface area contributed by atoms with Gasteiger partial charge in [-0.15, -0.1) is 37.1 Å². The van der Waals surface area contributed by atoms with E-state index in [1.54, 1.807) is 0 Å². The number of hydrogen-bond donors (Lipinski definition) is 0. The van der Waals surface area contributed by atoms with Crippen LogP contribution in [-0.2, 0) is 0 Å². The summed E-state index contributed by atoms with van der Waals surface area (Å²) in [4.78, 5) is 4.67. The van der Waals surface area contributed by atoms with E-state index in [2.05, 4.69) is 36.1 Å². The Morgan fingerprint density at radius 3 is 2.56 bits per heavy atom. The molecule has 1 aliphatic rings. The first-order chi connectivity index (χ1) is 7.31. The molecule has 1 heterocycles. The largest absolute Gasteiger partial charge is 0.355 e. The maximum absolute atomic E-state index is 3.80.